The molecule has 0 spiro atoms. The number of likely N-dealkylation sites (N-methyl/N-ethyl adjacent to an activating group) is 1. The number of nitrogens with zero attached hydrogens (tertiary/aromatic N) is 4. The van der Waals surface area contributed by atoms with E-state index in [1.807, 2.05) is 24.2 Å². The quantitative estimate of drug-likeness (QED) is 0.887. The van der Waals surface area contributed by atoms with Gasteiger partial charge >= 0.3 is 6.03 Å². The number of piperazine rings is 1. The molecule has 0 saturated carbocycles. The minimum atomic E-state index is -0.0325. The van der Waals surface area contributed by atoms with Crippen LogP contribution in [0.4, 0.5) is 10.6 Å². The first-order valence-corrected chi connectivity index (χ1v) is 10.1. The molecular formula is C22H29N5O. The largest absolute Gasteiger partial charge is 0.354 e. The molecule has 148 valence electrons. The van der Waals surface area contributed by atoms with Crippen molar-refractivity contribution in [3.63, 3.8) is 0 Å². The number of urea groups is 1. The molecule has 1 aromatic carbocycles. The summed E-state index contributed by atoms with van der Waals surface area (Å²) in [6.07, 6.45) is 3.86. The number of fused-ring (bicyclic) bond motifs is 1. The van der Waals surface area contributed by atoms with Crippen molar-refractivity contribution in [1.82, 2.24) is 20.1 Å². The van der Waals surface area contributed by atoms with Crippen LogP contribution in [0.15, 0.2) is 42.6 Å². The van der Waals surface area contributed by atoms with Crippen LogP contribution < -0.4 is 10.2 Å². The summed E-state index contributed by atoms with van der Waals surface area (Å²) in [7, 11) is 4.04. The van der Waals surface area contributed by atoms with Gasteiger partial charge in [0.1, 0.15) is 5.82 Å². The van der Waals surface area contributed by atoms with Gasteiger partial charge in [-0.15, -0.1) is 0 Å². The van der Waals surface area contributed by atoms with Crippen LogP contribution in [0.2, 0.25) is 0 Å². The summed E-state index contributed by atoms with van der Waals surface area (Å²) in [5.74, 6) is 0.991. The number of hydrogen-bond acceptors (Lipinski definition) is 4. The maximum Gasteiger partial charge on any atom is 0.317 e. The Kier molecular flexibility index (Phi) is 5.48. The second-order valence-corrected chi connectivity index (χ2v) is 7.80. The number of rotatable bonds is 4. The van der Waals surface area contributed by atoms with Gasteiger partial charge in [0.2, 0.25) is 0 Å². The van der Waals surface area contributed by atoms with Crippen LogP contribution in [-0.4, -0.2) is 61.1 Å². The fraction of sp³-hybridized carbons (Fsp3) is 0.455. The Labute approximate surface area is 167 Å². The first-order chi connectivity index (χ1) is 13.6. The molecule has 1 aromatic heterocycles. The van der Waals surface area contributed by atoms with Crippen molar-refractivity contribution in [3.8, 4) is 0 Å². The van der Waals surface area contributed by atoms with Crippen LogP contribution in [0.1, 0.15) is 29.2 Å². The molecule has 6 heteroatoms. The molecule has 2 heterocycles. The minimum Gasteiger partial charge on any atom is -0.354 e. The number of carbonyl (C=O) groups is 1. The monoisotopic (exact) mass is 379 g/mol. The zero-order valence-electron chi connectivity index (χ0n) is 16.8. The number of anilines is 1. The van der Waals surface area contributed by atoms with Crippen LogP contribution in [0, 0.1) is 0 Å². The summed E-state index contributed by atoms with van der Waals surface area (Å²) in [5.41, 5.74) is 3.71. The minimum absolute atomic E-state index is 0.0325. The lowest BCUT2D eigenvalue weighted by Gasteiger charge is -2.34. The predicted octanol–water partition coefficient (Wildman–Crippen LogP) is 2.66. The molecule has 1 aliphatic heterocycles. The average Bonchev–Trinajstić information content (AvgIpc) is 3.16. The first-order valence-electron chi connectivity index (χ1n) is 10.1. The normalized spacial score (nSPS) is 19.4. The Bertz CT molecular complexity index is 831. The number of hydrogen-bond donors (Lipinski definition) is 1. The van der Waals surface area contributed by atoms with Gasteiger partial charge in [-0.2, -0.15) is 0 Å². The second-order valence-electron chi connectivity index (χ2n) is 7.80. The Morgan fingerprint density at radius 3 is 2.79 bits per heavy atom. The Hall–Kier alpha value is -2.60. The van der Waals surface area contributed by atoms with Crippen molar-refractivity contribution in [2.24, 2.45) is 0 Å². The lowest BCUT2D eigenvalue weighted by molar-refractivity contribution is 0.190. The lowest BCUT2D eigenvalue weighted by atomic mass is 10.1. The maximum absolute atomic E-state index is 12.8. The lowest BCUT2D eigenvalue weighted by Crippen LogP contribution is -2.45. The van der Waals surface area contributed by atoms with Crippen molar-refractivity contribution in [2.45, 2.75) is 25.4 Å². The van der Waals surface area contributed by atoms with Gasteiger partial charge in [-0.1, -0.05) is 30.3 Å². The van der Waals surface area contributed by atoms with Crippen LogP contribution in [0.25, 0.3) is 0 Å². The number of aryl methyl sites for hydroxylation is 1. The first kappa shape index (κ1) is 18.7. The highest BCUT2D eigenvalue weighted by atomic mass is 16.2. The van der Waals surface area contributed by atoms with E-state index in [2.05, 4.69) is 57.5 Å². The van der Waals surface area contributed by atoms with Crippen LogP contribution >= 0.6 is 0 Å². The number of nitrogens with one attached hydrogen (secondary N) is 1. The summed E-state index contributed by atoms with van der Waals surface area (Å²) >= 11 is 0. The Morgan fingerprint density at radius 2 is 1.96 bits per heavy atom. The van der Waals surface area contributed by atoms with E-state index in [9.17, 15) is 4.79 Å². The molecule has 2 aromatic rings. The van der Waals surface area contributed by atoms with Gasteiger partial charge in [0.25, 0.3) is 0 Å². The number of pyridine rings is 1. The number of carbonyl (C=O) groups excluding carboxylic acids is 1. The molecule has 6 nitrogen and oxygen atoms in total. The van der Waals surface area contributed by atoms with Gasteiger partial charge in [0.05, 0.1) is 6.04 Å². The number of aromatic nitrogens is 1. The molecule has 0 bridgehead atoms. The fourth-order valence-electron chi connectivity index (χ4n) is 4.25. The summed E-state index contributed by atoms with van der Waals surface area (Å²) in [4.78, 5) is 23.9. The second kappa shape index (κ2) is 8.19. The summed E-state index contributed by atoms with van der Waals surface area (Å²) in [6.45, 7) is 4.49. The molecule has 0 radical (unpaired) electrons. The highest BCUT2D eigenvalue weighted by molar-refractivity contribution is 5.75. The van der Waals surface area contributed by atoms with Crippen molar-refractivity contribution in [2.75, 3.05) is 45.2 Å². The van der Waals surface area contributed by atoms with Gasteiger partial charge < -0.3 is 20.0 Å². The van der Waals surface area contributed by atoms with Gasteiger partial charge in [0, 0.05) is 51.5 Å². The summed E-state index contributed by atoms with van der Waals surface area (Å²) in [6, 6.07) is 12.6. The molecule has 2 amide bonds. The van der Waals surface area contributed by atoms with Crippen molar-refractivity contribution in [1.29, 1.82) is 0 Å². The zero-order valence-corrected chi connectivity index (χ0v) is 16.8. The number of benzene rings is 1. The SMILES string of the molecule is CN1CCN(c2ncccc2CNC(=O)N(C)C2CCc3ccccc32)CC1. The standard InChI is InChI=1S/C22H29N5O/c1-25-12-14-27(15-13-25)21-18(7-5-11-23-21)16-24-22(28)26(2)20-10-9-17-6-3-4-8-19(17)20/h3-8,11,20H,9-10,12-16H2,1-2H3,(H,24,28). The van der Waals surface area contributed by atoms with Crippen LogP contribution in [-0.2, 0) is 13.0 Å². The third-order valence-corrected chi connectivity index (χ3v) is 5.99. The highest BCUT2D eigenvalue weighted by Crippen LogP contribution is 2.34. The average molecular weight is 380 g/mol. The smallest absolute Gasteiger partial charge is 0.317 e. The van der Waals surface area contributed by atoms with Crippen LogP contribution in [0.5, 0.6) is 0 Å². The Morgan fingerprint density at radius 1 is 1.18 bits per heavy atom. The van der Waals surface area contributed by atoms with Crippen molar-refractivity contribution in [3.05, 3.63) is 59.3 Å². The molecule has 1 atom stereocenters. The summed E-state index contributed by atoms with van der Waals surface area (Å²) in [5, 5.41) is 3.10. The van der Waals surface area contributed by atoms with Crippen LogP contribution in [0.3, 0.4) is 0 Å². The van der Waals surface area contributed by atoms with Crippen molar-refractivity contribution < 1.29 is 4.79 Å². The predicted molar refractivity (Wildman–Crippen MR) is 111 cm³/mol. The molecule has 1 saturated heterocycles. The highest BCUT2D eigenvalue weighted by Gasteiger charge is 2.28. The van der Waals surface area contributed by atoms with E-state index >= 15 is 0 Å². The van der Waals surface area contributed by atoms with Gasteiger partial charge in [-0.25, -0.2) is 9.78 Å². The van der Waals surface area contributed by atoms with E-state index in [0.717, 1.165) is 50.4 Å². The van der Waals surface area contributed by atoms with E-state index in [4.69, 9.17) is 0 Å². The molecule has 2 aliphatic rings. The van der Waals surface area contributed by atoms with E-state index < -0.39 is 0 Å². The van der Waals surface area contributed by atoms with E-state index in [1.54, 1.807) is 0 Å². The fourth-order valence-corrected chi connectivity index (χ4v) is 4.25. The zero-order chi connectivity index (χ0) is 19.5. The third-order valence-electron chi connectivity index (χ3n) is 5.99. The van der Waals surface area contributed by atoms with E-state index in [1.165, 1.54) is 11.1 Å². The molecule has 1 unspecified atom stereocenters. The molecule has 1 fully saturated rings. The van der Waals surface area contributed by atoms with Gasteiger partial charge in [0.15, 0.2) is 0 Å². The number of amides is 2. The maximum atomic E-state index is 12.8. The topological polar surface area (TPSA) is 51.7 Å². The van der Waals surface area contributed by atoms with Gasteiger partial charge in [-0.3, -0.25) is 0 Å². The third kappa shape index (κ3) is 3.83. The molecule has 1 aliphatic carbocycles. The summed E-state index contributed by atoms with van der Waals surface area (Å²) < 4.78 is 0. The van der Waals surface area contributed by atoms with Gasteiger partial charge in [-0.05, 0) is 37.1 Å². The molecule has 1 N–H and O–H groups in total. The Balaban J connectivity index is 1.40. The molecule has 28 heavy (non-hydrogen) atoms. The van der Waals surface area contributed by atoms with Crippen molar-refractivity contribution >= 4 is 11.8 Å². The van der Waals surface area contributed by atoms with E-state index in [0.29, 0.717) is 6.54 Å². The van der Waals surface area contributed by atoms with E-state index in [-0.39, 0.29) is 12.1 Å². The molecular weight excluding hydrogens is 350 g/mol. The molecule has 4 rings (SSSR count).